The fourth-order valence-corrected chi connectivity index (χ4v) is 2.38. The van der Waals surface area contributed by atoms with E-state index in [1.807, 2.05) is 12.1 Å². The molecule has 116 valence electrons. The molecule has 1 unspecified atom stereocenters. The quantitative estimate of drug-likeness (QED) is 0.824. The van der Waals surface area contributed by atoms with Crippen LogP contribution in [0.3, 0.4) is 0 Å². The van der Waals surface area contributed by atoms with Crippen molar-refractivity contribution in [3.8, 4) is 5.75 Å². The maximum absolute atomic E-state index is 12.2. The predicted molar refractivity (Wildman–Crippen MR) is 85.2 cm³/mol. The third-order valence-corrected chi connectivity index (χ3v) is 3.55. The summed E-state index contributed by atoms with van der Waals surface area (Å²) in [5, 5.41) is 0. The van der Waals surface area contributed by atoms with E-state index in [9.17, 15) is 9.59 Å². The lowest BCUT2D eigenvalue weighted by atomic mass is 9.74. The fraction of sp³-hybridized carbons (Fsp3) is 0.333. The smallest absolute Gasteiger partial charge is 0.410 e. The second kappa shape index (κ2) is 6.18. The normalized spacial score (nSPS) is 17.9. The van der Waals surface area contributed by atoms with E-state index in [1.165, 1.54) is 11.8 Å². The summed E-state index contributed by atoms with van der Waals surface area (Å²) in [5.74, 6) is 0.407. The van der Waals surface area contributed by atoms with E-state index in [1.54, 1.807) is 36.7 Å². The Hall–Kier alpha value is -2.36. The standard InChI is InChI=1S/C18H21NO3/c1-13(20)15-12-19(11-10-16(15)18(2,3)4)17(21)22-14-8-6-5-7-9-14/h5-12,16H,1-4H3. The van der Waals surface area contributed by atoms with Gasteiger partial charge in [-0.3, -0.25) is 9.69 Å². The molecule has 0 saturated heterocycles. The molecule has 1 aliphatic heterocycles. The van der Waals surface area contributed by atoms with E-state index in [2.05, 4.69) is 20.8 Å². The lowest BCUT2D eigenvalue weighted by Crippen LogP contribution is -2.32. The van der Waals surface area contributed by atoms with Gasteiger partial charge in [0.1, 0.15) is 5.75 Å². The van der Waals surface area contributed by atoms with Gasteiger partial charge < -0.3 is 4.74 Å². The molecule has 0 fully saturated rings. The van der Waals surface area contributed by atoms with Crippen molar-refractivity contribution >= 4 is 11.9 Å². The van der Waals surface area contributed by atoms with Crippen molar-refractivity contribution in [2.75, 3.05) is 0 Å². The number of amides is 1. The Balaban J connectivity index is 2.20. The number of hydrogen-bond donors (Lipinski definition) is 0. The summed E-state index contributed by atoms with van der Waals surface area (Å²) in [5.41, 5.74) is 0.517. The van der Waals surface area contributed by atoms with Crippen LogP contribution in [0.4, 0.5) is 4.79 Å². The zero-order valence-electron chi connectivity index (χ0n) is 13.4. The lowest BCUT2D eigenvalue weighted by molar-refractivity contribution is -0.114. The molecule has 1 amide bonds. The highest BCUT2D eigenvalue weighted by Gasteiger charge is 2.32. The summed E-state index contributed by atoms with van der Waals surface area (Å²) < 4.78 is 5.28. The van der Waals surface area contributed by atoms with Crippen LogP contribution in [-0.2, 0) is 4.79 Å². The monoisotopic (exact) mass is 299 g/mol. The zero-order valence-corrected chi connectivity index (χ0v) is 13.4. The zero-order chi connectivity index (χ0) is 16.3. The fourth-order valence-electron chi connectivity index (χ4n) is 2.38. The molecule has 4 heteroatoms. The molecule has 4 nitrogen and oxygen atoms in total. The van der Waals surface area contributed by atoms with Crippen LogP contribution in [0, 0.1) is 11.3 Å². The van der Waals surface area contributed by atoms with Crippen LogP contribution in [0.2, 0.25) is 0 Å². The van der Waals surface area contributed by atoms with Gasteiger partial charge in [-0.1, -0.05) is 45.0 Å². The minimum Gasteiger partial charge on any atom is -0.410 e. The summed E-state index contributed by atoms with van der Waals surface area (Å²) in [6, 6.07) is 8.85. The van der Waals surface area contributed by atoms with Crippen molar-refractivity contribution in [1.82, 2.24) is 4.90 Å². The Morgan fingerprint density at radius 1 is 1.14 bits per heavy atom. The Bertz CT molecular complexity index is 623. The van der Waals surface area contributed by atoms with Gasteiger partial charge in [-0.05, 0) is 24.5 Å². The summed E-state index contributed by atoms with van der Waals surface area (Å²) in [6.07, 6.45) is 4.58. The minimum absolute atomic E-state index is 0.0224. The van der Waals surface area contributed by atoms with Gasteiger partial charge in [0.05, 0.1) is 0 Å². The van der Waals surface area contributed by atoms with Crippen molar-refractivity contribution in [1.29, 1.82) is 0 Å². The molecule has 0 aliphatic carbocycles. The maximum atomic E-state index is 12.2. The highest BCUT2D eigenvalue weighted by Crippen LogP contribution is 2.36. The summed E-state index contributed by atoms with van der Waals surface area (Å²) in [6.45, 7) is 7.72. The Morgan fingerprint density at radius 2 is 1.77 bits per heavy atom. The van der Waals surface area contributed by atoms with Crippen LogP contribution in [0.1, 0.15) is 27.7 Å². The van der Waals surface area contributed by atoms with Crippen LogP contribution in [-0.4, -0.2) is 16.8 Å². The molecule has 1 aromatic rings. The number of carbonyl (C=O) groups is 2. The number of para-hydroxylation sites is 1. The third kappa shape index (κ3) is 3.64. The first-order valence-corrected chi connectivity index (χ1v) is 7.25. The summed E-state index contributed by atoms with van der Waals surface area (Å²) in [7, 11) is 0. The first-order valence-electron chi connectivity index (χ1n) is 7.25. The van der Waals surface area contributed by atoms with Crippen LogP contribution < -0.4 is 4.74 Å². The van der Waals surface area contributed by atoms with Gasteiger partial charge in [0.2, 0.25) is 0 Å². The Morgan fingerprint density at radius 3 is 2.32 bits per heavy atom. The van der Waals surface area contributed by atoms with E-state index in [0.717, 1.165) is 0 Å². The van der Waals surface area contributed by atoms with Gasteiger partial charge in [-0.2, -0.15) is 0 Å². The third-order valence-electron chi connectivity index (χ3n) is 3.55. The number of ether oxygens (including phenoxy) is 1. The molecule has 0 bridgehead atoms. The molecule has 0 N–H and O–H groups in total. The van der Waals surface area contributed by atoms with Gasteiger partial charge >= 0.3 is 6.09 Å². The highest BCUT2D eigenvalue weighted by atomic mass is 16.6. The highest BCUT2D eigenvalue weighted by molar-refractivity contribution is 5.95. The van der Waals surface area contributed by atoms with E-state index < -0.39 is 6.09 Å². The average Bonchev–Trinajstić information content (AvgIpc) is 2.46. The molecule has 1 atom stereocenters. The first-order chi connectivity index (χ1) is 10.3. The number of ketones is 1. The van der Waals surface area contributed by atoms with E-state index in [0.29, 0.717) is 11.3 Å². The predicted octanol–water partition coefficient (Wildman–Crippen LogP) is 4.15. The SMILES string of the molecule is CC(=O)C1=CN(C(=O)Oc2ccccc2)C=CC1C(C)(C)C. The van der Waals surface area contributed by atoms with E-state index >= 15 is 0 Å². The van der Waals surface area contributed by atoms with Crippen LogP contribution >= 0.6 is 0 Å². The number of rotatable bonds is 2. The lowest BCUT2D eigenvalue weighted by Gasteiger charge is -2.33. The summed E-state index contributed by atoms with van der Waals surface area (Å²) >= 11 is 0. The van der Waals surface area contributed by atoms with Gasteiger partial charge in [0.25, 0.3) is 0 Å². The second-order valence-corrected chi connectivity index (χ2v) is 6.41. The van der Waals surface area contributed by atoms with Gasteiger partial charge in [0.15, 0.2) is 5.78 Å². The first kappa shape index (κ1) is 16.0. The van der Waals surface area contributed by atoms with Crippen molar-refractivity contribution in [2.45, 2.75) is 27.7 Å². The molecular formula is C18H21NO3. The molecule has 0 spiro atoms. The minimum atomic E-state index is -0.534. The number of nitrogens with zero attached hydrogens (tertiary/aromatic N) is 1. The molecule has 1 heterocycles. The summed E-state index contributed by atoms with van der Waals surface area (Å²) in [4.78, 5) is 25.4. The van der Waals surface area contributed by atoms with Crippen molar-refractivity contribution in [3.05, 3.63) is 54.4 Å². The molecule has 0 radical (unpaired) electrons. The molecular weight excluding hydrogens is 278 g/mol. The van der Waals surface area contributed by atoms with Gasteiger partial charge in [0, 0.05) is 23.9 Å². The molecule has 0 saturated carbocycles. The van der Waals surface area contributed by atoms with Crippen molar-refractivity contribution in [2.24, 2.45) is 11.3 Å². The number of benzene rings is 1. The maximum Gasteiger partial charge on any atom is 0.423 e. The number of Topliss-reactive ketones (excluding diaryl/α,β-unsaturated/α-hetero) is 1. The van der Waals surface area contributed by atoms with Crippen LogP contribution in [0.25, 0.3) is 0 Å². The van der Waals surface area contributed by atoms with Gasteiger partial charge in [-0.25, -0.2) is 4.79 Å². The Labute approximate surface area is 131 Å². The van der Waals surface area contributed by atoms with E-state index in [-0.39, 0.29) is 17.1 Å². The van der Waals surface area contributed by atoms with Crippen molar-refractivity contribution in [3.63, 3.8) is 0 Å². The molecule has 1 aliphatic rings. The van der Waals surface area contributed by atoms with Gasteiger partial charge in [-0.15, -0.1) is 0 Å². The number of hydrogen-bond acceptors (Lipinski definition) is 3. The molecule has 22 heavy (non-hydrogen) atoms. The molecule has 0 aromatic heterocycles. The topological polar surface area (TPSA) is 46.6 Å². The van der Waals surface area contributed by atoms with Crippen LogP contribution in [0.15, 0.2) is 54.4 Å². The second-order valence-electron chi connectivity index (χ2n) is 6.41. The Kier molecular flexibility index (Phi) is 4.50. The molecule has 2 rings (SSSR count). The molecule has 1 aromatic carbocycles. The largest absolute Gasteiger partial charge is 0.423 e. The number of allylic oxidation sites excluding steroid dienone is 2. The number of carbonyl (C=O) groups excluding carboxylic acids is 2. The van der Waals surface area contributed by atoms with Crippen molar-refractivity contribution < 1.29 is 14.3 Å². The van der Waals surface area contributed by atoms with E-state index in [4.69, 9.17) is 4.74 Å². The van der Waals surface area contributed by atoms with Crippen LogP contribution in [0.5, 0.6) is 5.75 Å². The average molecular weight is 299 g/mol.